The molecular weight excluding hydrogens is 322 g/mol. The maximum atomic E-state index is 12.8. The van der Waals surface area contributed by atoms with Gasteiger partial charge in [-0.15, -0.1) is 11.3 Å². The molecule has 0 spiro atoms. The monoisotopic (exact) mass is 341 g/mol. The van der Waals surface area contributed by atoms with Crippen LogP contribution in [0.3, 0.4) is 0 Å². The highest BCUT2D eigenvalue weighted by molar-refractivity contribution is 7.13. The number of carbonyl (C=O) groups excluding carboxylic acids is 1. The first-order valence-electron chi connectivity index (χ1n) is 8.00. The van der Waals surface area contributed by atoms with Crippen LogP contribution < -0.4 is 10.6 Å². The SMILES string of the molecule is Cc1nn(C)c2nc(-c3cccs3)cc(C(=O)NCC3CNC3)c12. The summed E-state index contributed by atoms with van der Waals surface area (Å²) in [5.41, 5.74) is 3.04. The molecule has 3 aromatic heterocycles. The predicted octanol–water partition coefficient (Wildman–Crippen LogP) is 1.95. The van der Waals surface area contributed by atoms with Crippen molar-refractivity contribution in [3.63, 3.8) is 0 Å². The maximum absolute atomic E-state index is 12.8. The third-order valence-corrected chi connectivity index (χ3v) is 5.30. The lowest BCUT2D eigenvalue weighted by molar-refractivity contribution is 0.0944. The van der Waals surface area contributed by atoms with Crippen molar-refractivity contribution in [2.45, 2.75) is 6.92 Å². The zero-order valence-corrected chi connectivity index (χ0v) is 14.5. The van der Waals surface area contributed by atoms with E-state index >= 15 is 0 Å². The Morgan fingerprint density at radius 2 is 2.33 bits per heavy atom. The number of rotatable bonds is 4. The third-order valence-electron chi connectivity index (χ3n) is 4.40. The molecule has 1 amide bonds. The van der Waals surface area contributed by atoms with E-state index in [2.05, 4.69) is 15.7 Å². The number of pyridine rings is 1. The number of nitrogens with one attached hydrogen (secondary N) is 2. The molecule has 3 aromatic rings. The molecule has 4 rings (SSSR count). The summed E-state index contributed by atoms with van der Waals surface area (Å²) in [6.07, 6.45) is 0. The zero-order valence-electron chi connectivity index (χ0n) is 13.7. The van der Waals surface area contributed by atoms with E-state index in [1.165, 1.54) is 0 Å². The van der Waals surface area contributed by atoms with E-state index in [0.717, 1.165) is 40.4 Å². The summed E-state index contributed by atoms with van der Waals surface area (Å²) in [6, 6.07) is 5.89. The second kappa shape index (κ2) is 5.99. The molecule has 124 valence electrons. The molecule has 0 radical (unpaired) electrons. The van der Waals surface area contributed by atoms with Gasteiger partial charge in [0, 0.05) is 32.6 Å². The first-order valence-corrected chi connectivity index (χ1v) is 8.88. The van der Waals surface area contributed by atoms with Crippen molar-refractivity contribution in [3.8, 4) is 10.6 Å². The van der Waals surface area contributed by atoms with Crippen molar-refractivity contribution in [2.24, 2.45) is 13.0 Å². The molecule has 1 saturated heterocycles. The Balaban J connectivity index is 1.77. The fraction of sp³-hybridized carbons (Fsp3) is 0.353. The summed E-state index contributed by atoms with van der Waals surface area (Å²) in [4.78, 5) is 18.6. The minimum atomic E-state index is -0.0526. The van der Waals surface area contributed by atoms with Gasteiger partial charge in [0.1, 0.15) is 0 Å². The lowest BCUT2D eigenvalue weighted by Crippen LogP contribution is -2.48. The molecule has 0 aliphatic carbocycles. The van der Waals surface area contributed by atoms with Crippen LogP contribution in [0.15, 0.2) is 23.6 Å². The van der Waals surface area contributed by atoms with Gasteiger partial charge in [0.05, 0.1) is 27.2 Å². The number of hydrogen-bond donors (Lipinski definition) is 2. The van der Waals surface area contributed by atoms with Crippen molar-refractivity contribution in [2.75, 3.05) is 19.6 Å². The van der Waals surface area contributed by atoms with Crippen LogP contribution >= 0.6 is 11.3 Å². The number of fused-ring (bicyclic) bond motifs is 1. The molecule has 0 unspecified atom stereocenters. The van der Waals surface area contributed by atoms with Gasteiger partial charge in [0.2, 0.25) is 0 Å². The van der Waals surface area contributed by atoms with E-state index in [1.54, 1.807) is 16.0 Å². The van der Waals surface area contributed by atoms with Gasteiger partial charge in [-0.1, -0.05) is 6.07 Å². The highest BCUT2D eigenvalue weighted by atomic mass is 32.1. The third kappa shape index (κ3) is 2.59. The molecule has 0 saturated carbocycles. The lowest BCUT2D eigenvalue weighted by Gasteiger charge is -2.27. The van der Waals surface area contributed by atoms with Gasteiger partial charge < -0.3 is 10.6 Å². The van der Waals surface area contributed by atoms with E-state index in [1.807, 2.05) is 37.6 Å². The van der Waals surface area contributed by atoms with Crippen LogP contribution in [0, 0.1) is 12.8 Å². The number of aryl methyl sites for hydroxylation is 2. The van der Waals surface area contributed by atoms with Gasteiger partial charge in [-0.3, -0.25) is 9.48 Å². The number of amides is 1. The minimum Gasteiger partial charge on any atom is -0.352 e. The van der Waals surface area contributed by atoms with Gasteiger partial charge >= 0.3 is 0 Å². The lowest BCUT2D eigenvalue weighted by atomic mass is 10.0. The Bertz CT molecular complexity index is 895. The fourth-order valence-electron chi connectivity index (χ4n) is 3.00. The molecule has 0 atom stereocenters. The van der Waals surface area contributed by atoms with Crippen LogP contribution in [0.5, 0.6) is 0 Å². The summed E-state index contributed by atoms with van der Waals surface area (Å²) in [5, 5.41) is 13.6. The molecule has 6 nitrogen and oxygen atoms in total. The van der Waals surface area contributed by atoms with Gasteiger partial charge in [0.25, 0.3) is 5.91 Å². The quantitative estimate of drug-likeness (QED) is 0.761. The van der Waals surface area contributed by atoms with E-state index in [-0.39, 0.29) is 5.91 Å². The fourth-order valence-corrected chi connectivity index (χ4v) is 3.69. The second-order valence-electron chi connectivity index (χ2n) is 6.17. The average Bonchev–Trinajstić information content (AvgIpc) is 3.14. The molecule has 1 aliphatic heterocycles. The standard InChI is InChI=1S/C17H19N5OS/c1-10-15-12(17(23)19-9-11-7-18-8-11)6-13(14-4-3-5-24-14)20-16(15)22(2)21-10/h3-6,11,18H,7-9H2,1-2H3,(H,19,23). The van der Waals surface area contributed by atoms with Crippen molar-refractivity contribution in [3.05, 3.63) is 34.8 Å². The average molecular weight is 341 g/mol. The van der Waals surface area contributed by atoms with Crippen LogP contribution in [-0.4, -0.2) is 40.3 Å². The summed E-state index contributed by atoms with van der Waals surface area (Å²) < 4.78 is 1.74. The number of hydrogen-bond acceptors (Lipinski definition) is 5. The predicted molar refractivity (Wildman–Crippen MR) is 95.3 cm³/mol. The van der Waals surface area contributed by atoms with E-state index in [9.17, 15) is 4.79 Å². The summed E-state index contributed by atoms with van der Waals surface area (Å²) in [6.45, 7) is 4.56. The Morgan fingerprint density at radius 3 is 3.00 bits per heavy atom. The molecule has 2 N–H and O–H groups in total. The topological polar surface area (TPSA) is 71.8 Å². The molecule has 1 fully saturated rings. The summed E-state index contributed by atoms with van der Waals surface area (Å²) in [7, 11) is 1.86. The second-order valence-corrected chi connectivity index (χ2v) is 7.12. The first-order chi connectivity index (χ1) is 11.6. The summed E-state index contributed by atoms with van der Waals surface area (Å²) >= 11 is 1.62. The number of thiophene rings is 1. The van der Waals surface area contributed by atoms with Gasteiger partial charge in [-0.05, 0) is 24.4 Å². The molecule has 0 aromatic carbocycles. The normalized spacial score (nSPS) is 14.8. The van der Waals surface area contributed by atoms with Crippen LogP contribution in [0.4, 0.5) is 0 Å². The van der Waals surface area contributed by atoms with E-state index < -0.39 is 0 Å². The van der Waals surface area contributed by atoms with Crippen molar-refractivity contribution in [1.29, 1.82) is 0 Å². The maximum Gasteiger partial charge on any atom is 0.252 e. The van der Waals surface area contributed by atoms with Gasteiger partial charge in [-0.25, -0.2) is 4.98 Å². The largest absolute Gasteiger partial charge is 0.352 e. The van der Waals surface area contributed by atoms with E-state index in [0.29, 0.717) is 18.0 Å². The zero-order chi connectivity index (χ0) is 16.7. The van der Waals surface area contributed by atoms with Gasteiger partial charge in [-0.2, -0.15) is 5.10 Å². The first kappa shape index (κ1) is 15.3. The van der Waals surface area contributed by atoms with E-state index in [4.69, 9.17) is 4.98 Å². The highest BCUT2D eigenvalue weighted by Gasteiger charge is 2.22. The Kier molecular flexibility index (Phi) is 3.82. The molecule has 0 bridgehead atoms. The van der Waals surface area contributed by atoms with Gasteiger partial charge in [0.15, 0.2) is 5.65 Å². The van der Waals surface area contributed by atoms with Crippen LogP contribution in [0.1, 0.15) is 16.1 Å². The number of nitrogens with zero attached hydrogens (tertiary/aromatic N) is 3. The molecule has 24 heavy (non-hydrogen) atoms. The van der Waals surface area contributed by atoms with Crippen molar-refractivity contribution < 1.29 is 4.79 Å². The van der Waals surface area contributed by atoms with Crippen LogP contribution in [-0.2, 0) is 7.05 Å². The Hall–Kier alpha value is -2.25. The Morgan fingerprint density at radius 1 is 1.50 bits per heavy atom. The van der Waals surface area contributed by atoms with Crippen LogP contribution in [0.2, 0.25) is 0 Å². The molecule has 7 heteroatoms. The van der Waals surface area contributed by atoms with Crippen LogP contribution in [0.25, 0.3) is 21.6 Å². The minimum absolute atomic E-state index is 0.0526. The molecular formula is C17H19N5OS. The molecule has 4 heterocycles. The highest BCUT2D eigenvalue weighted by Crippen LogP contribution is 2.29. The van der Waals surface area contributed by atoms with Crippen molar-refractivity contribution >= 4 is 28.3 Å². The smallest absolute Gasteiger partial charge is 0.252 e. The molecule has 1 aliphatic rings. The summed E-state index contributed by atoms with van der Waals surface area (Å²) in [5.74, 6) is 0.473. The number of carbonyl (C=O) groups is 1. The number of aromatic nitrogens is 3. The Labute approximate surface area is 143 Å². The van der Waals surface area contributed by atoms with Crippen molar-refractivity contribution in [1.82, 2.24) is 25.4 Å².